The smallest absolute Gasteiger partial charge is 0.249 e. The summed E-state index contributed by atoms with van der Waals surface area (Å²) in [7, 11) is 0. The van der Waals surface area contributed by atoms with E-state index in [1.807, 2.05) is 0 Å². The highest BCUT2D eigenvalue weighted by Gasteiger charge is 2.17. The zero-order valence-corrected chi connectivity index (χ0v) is 11.6. The van der Waals surface area contributed by atoms with E-state index in [1.165, 1.54) is 6.08 Å². The number of furan rings is 1. The Hall–Kier alpha value is -2.34. The molecule has 21 heavy (non-hydrogen) atoms. The Labute approximate surface area is 122 Å². The number of amides is 1. The molecule has 0 aliphatic carbocycles. The molecule has 1 fully saturated rings. The largest absolute Gasteiger partial charge is 0.465 e. The quantitative estimate of drug-likeness (QED) is 0.856. The molecule has 1 aliphatic rings. The molecular formula is C15H17N3O3. The number of hydrogen-bond acceptors (Lipinski definition) is 4. The topological polar surface area (TPSA) is 69.3 Å². The number of ether oxygens (including phenoxy) is 1. The van der Waals surface area contributed by atoms with Crippen LogP contribution < -0.4 is 5.32 Å². The van der Waals surface area contributed by atoms with E-state index in [0.717, 1.165) is 26.2 Å². The zero-order chi connectivity index (χ0) is 14.5. The first-order valence-electron chi connectivity index (χ1n) is 6.93. The van der Waals surface area contributed by atoms with Gasteiger partial charge in [0.15, 0.2) is 0 Å². The third-order valence-electron chi connectivity index (χ3n) is 3.37. The molecule has 1 N–H and O–H groups in total. The summed E-state index contributed by atoms with van der Waals surface area (Å²) < 4.78 is 12.3. The van der Waals surface area contributed by atoms with Gasteiger partial charge in [0.1, 0.15) is 11.6 Å². The van der Waals surface area contributed by atoms with Gasteiger partial charge in [-0.15, -0.1) is 0 Å². The summed E-state index contributed by atoms with van der Waals surface area (Å²) in [5.74, 6) is 1.58. The number of anilines is 1. The van der Waals surface area contributed by atoms with Crippen LogP contribution in [0.4, 0.5) is 5.82 Å². The first-order chi connectivity index (χ1) is 10.3. The van der Waals surface area contributed by atoms with Crippen molar-refractivity contribution in [1.82, 2.24) is 9.78 Å². The summed E-state index contributed by atoms with van der Waals surface area (Å²) in [6.45, 7) is 2.32. The van der Waals surface area contributed by atoms with Gasteiger partial charge in [-0.1, -0.05) is 0 Å². The Bertz CT molecular complexity index is 610. The average molecular weight is 287 g/mol. The SMILES string of the molecule is O=C(/C=C/c1ccco1)Nc1ccnn1C[C@@H]1CCOC1. The van der Waals surface area contributed by atoms with Gasteiger partial charge in [0.05, 0.1) is 19.1 Å². The second kappa shape index (κ2) is 6.41. The molecule has 6 nitrogen and oxygen atoms in total. The maximum absolute atomic E-state index is 11.9. The summed E-state index contributed by atoms with van der Waals surface area (Å²) in [5, 5.41) is 7.07. The monoisotopic (exact) mass is 287 g/mol. The standard InChI is InChI=1S/C15H17N3O3/c19-15(4-3-13-2-1-8-21-13)17-14-5-7-16-18(14)10-12-6-9-20-11-12/h1-5,7-8,12H,6,9-11H2,(H,17,19)/b4-3+/t12-/m0/s1. The predicted molar refractivity (Wildman–Crippen MR) is 77.5 cm³/mol. The van der Waals surface area contributed by atoms with Gasteiger partial charge in [-0.2, -0.15) is 5.10 Å². The molecule has 0 spiro atoms. The Kier molecular flexibility index (Phi) is 4.16. The van der Waals surface area contributed by atoms with Gasteiger partial charge in [0.25, 0.3) is 0 Å². The molecule has 0 aromatic carbocycles. The van der Waals surface area contributed by atoms with Crippen molar-refractivity contribution in [1.29, 1.82) is 0 Å². The number of nitrogens with one attached hydrogen (secondary N) is 1. The fourth-order valence-corrected chi connectivity index (χ4v) is 2.27. The first-order valence-corrected chi connectivity index (χ1v) is 6.93. The van der Waals surface area contributed by atoms with Gasteiger partial charge in [-0.25, -0.2) is 4.68 Å². The lowest BCUT2D eigenvalue weighted by Crippen LogP contribution is -2.17. The molecule has 0 saturated carbocycles. The molecule has 2 aromatic rings. The lowest BCUT2D eigenvalue weighted by Gasteiger charge is -2.11. The average Bonchev–Trinajstić information content (AvgIpc) is 3.20. The molecule has 0 radical (unpaired) electrons. The molecule has 1 aliphatic heterocycles. The van der Waals surface area contributed by atoms with Gasteiger partial charge in [0, 0.05) is 31.2 Å². The van der Waals surface area contributed by atoms with Crippen LogP contribution in [0, 0.1) is 5.92 Å². The maximum atomic E-state index is 11.9. The fraction of sp³-hybridized carbons (Fsp3) is 0.333. The minimum absolute atomic E-state index is 0.212. The van der Waals surface area contributed by atoms with Crippen LogP contribution >= 0.6 is 0 Å². The molecule has 1 saturated heterocycles. The van der Waals surface area contributed by atoms with E-state index in [2.05, 4.69) is 10.4 Å². The highest BCUT2D eigenvalue weighted by atomic mass is 16.5. The van der Waals surface area contributed by atoms with Crippen molar-refractivity contribution in [3.8, 4) is 0 Å². The second-order valence-corrected chi connectivity index (χ2v) is 4.97. The van der Waals surface area contributed by atoms with Crippen LogP contribution in [0.25, 0.3) is 6.08 Å². The summed E-state index contributed by atoms with van der Waals surface area (Å²) in [5.41, 5.74) is 0. The van der Waals surface area contributed by atoms with E-state index in [1.54, 1.807) is 41.4 Å². The van der Waals surface area contributed by atoms with Gasteiger partial charge in [-0.05, 0) is 24.6 Å². The highest BCUT2D eigenvalue weighted by Crippen LogP contribution is 2.17. The zero-order valence-electron chi connectivity index (χ0n) is 11.6. The van der Waals surface area contributed by atoms with E-state index < -0.39 is 0 Å². The van der Waals surface area contributed by atoms with E-state index in [4.69, 9.17) is 9.15 Å². The van der Waals surface area contributed by atoms with Crippen LogP contribution in [0.3, 0.4) is 0 Å². The molecule has 3 heterocycles. The molecule has 0 bridgehead atoms. The Morgan fingerprint density at radius 1 is 1.52 bits per heavy atom. The minimum Gasteiger partial charge on any atom is -0.465 e. The summed E-state index contributed by atoms with van der Waals surface area (Å²) in [6, 6.07) is 5.35. The minimum atomic E-state index is -0.212. The molecule has 110 valence electrons. The normalized spacial score (nSPS) is 18.4. The Morgan fingerprint density at radius 2 is 2.48 bits per heavy atom. The van der Waals surface area contributed by atoms with Crippen molar-refractivity contribution in [3.63, 3.8) is 0 Å². The number of aromatic nitrogens is 2. The lowest BCUT2D eigenvalue weighted by atomic mass is 10.1. The maximum Gasteiger partial charge on any atom is 0.249 e. The van der Waals surface area contributed by atoms with E-state index >= 15 is 0 Å². The second-order valence-electron chi connectivity index (χ2n) is 4.97. The molecule has 6 heteroatoms. The van der Waals surface area contributed by atoms with E-state index in [9.17, 15) is 4.79 Å². The number of carbonyl (C=O) groups is 1. The van der Waals surface area contributed by atoms with Crippen LogP contribution in [-0.4, -0.2) is 28.9 Å². The van der Waals surface area contributed by atoms with Crippen LogP contribution in [-0.2, 0) is 16.1 Å². The van der Waals surface area contributed by atoms with Crippen molar-refractivity contribution in [2.24, 2.45) is 5.92 Å². The van der Waals surface area contributed by atoms with Crippen LogP contribution in [0.2, 0.25) is 0 Å². The predicted octanol–water partition coefficient (Wildman–Crippen LogP) is 2.16. The molecule has 2 aromatic heterocycles. The highest BCUT2D eigenvalue weighted by molar-refractivity contribution is 6.01. The van der Waals surface area contributed by atoms with Gasteiger partial charge in [0.2, 0.25) is 5.91 Å². The third-order valence-corrected chi connectivity index (χ3v) is 3.37. The van der Waals surface area contributed by atoms with Gasteiger partial charge < -0.3 is 14.5 Å². The van der Waals surface area contributed by atoms with E-state index in [0.29, 0.717) is 17.5 Å². The number of rotatable bonds is 5. The molecule has 0 unspecified atom stereocenters. The number of carbonyl (C=O) groups excluding carboxylic acids is 1. The lowest BCUT2D eigenvalue weighted by molar-refractivity contribution is -0.111. The Morgan fingerprint density at radius 3 is 3.24 bits per heavy atom. The molecule has 3 rings (SSSR count). The molecule has 1 atom stereocenters. The van der Waals surface area contributed by atoms with Crippen molar-refractivity contribution in [2.45, 2.75) is 13.0 Å². The van der Waals surface area contributed by atoms with Gasteiger partial charge >= 0.3 is 0 Å². The van der Waals surface area contributed by atoms with Crippen LogP contribution in [0.15, 0.2) is 41.2 Å². The van der Waals surface area contributed by atoms with Crippen molar-refractivity contribution in [2.75, 3.05) is 18.5 Å². The van der Waals surface area contributed by atoms with Crippen molar-refractivity contribution >= 4 is 17.8 Å². The van der Waals surface area contributed by atoms with Crippen molar-refractivity contribution < 1.29 is 13.9 Å². The van der Waals surface area contributed by atoms with Crippen LogP contribution in [0.5, 0.6) is 0 Å². The molecular weight excluding hydrogens is 270 g/mol. The van der Waals surface area contributed by atoms with E-state index in [-0.39, 0.29) is 5.91 Å². The Balaban J connectivity index is 1.59. The van der Waals surface area contributed by atoms with Crippen LogP contribution in [0.1, 0.15) is 12.2 Å². The first kappa shape index (κ1) is 13.6. The number of nitrogens with zero attached hydrogens (tertiary/aromatic N) is 2. The third kappa shape index (κ3) is 3.61. The summed E-state index contributed by atoms with van der Waals surface area (Å²) in [4.78, 5) is 11.9. The van der Waals surface area contributed by atoms with Gasteiger partial charge in [-0.3, -0.25) is 4.79 Å². The fourth-order valence-electron chi connectivity index (χ4n) is 2.27. The summed E-state index contributed by atoms with van der Waals surface area (Å²) >= 11 is 0. The summed E-state index contributed by atoms with van der Waals surface area (Å²) in [6.07, 6.45) is 7.35. The van der Waals surface area contributed by atoms with Crippen molar-refractivity contribution in [3.05, 3.63) is 42.5 Å². The number of hydrogen-bond donors (Lipinski definition) is 1. The molecule has 1 amide bonds.